The zero-order valence-corrected chi connectivity index (χ0v) is 11.7. The van der Waals surface area contributed by atoms with Gasteiger partial charge >= 0.3 is 5.97 Å². The van der Waals surface area contributed by atoms with E-state index in [-0.39, 0.29) is 0 Å². The fourth-order valence-corrected chi connectivity index (χ4v) is 2.01. The highest BCUT2D eigenvalue weighted by Crippen LogP contribution is 2.20. The molecule has 0 amide bonds. The summed E-state index contributed by atoms with van der Waals surface area (Å²) < 4.78 is 30.6. The molecule has 1 aromatic rings. The first-order chi connectivity index (χ1) is 8.27. The largest absolute Gasteiger partial charge is 0.465 e. The molecule has 0 fully saturated rings. The summed E-state index contributed by atoms with van der Waals surface area (Å²) in [6.45, 7) is 4.93. The van der Waals surface area contributed by atoms with Crippen molar-refractivity contribution in [2.75, 3.05) is 11.8 Å². The van der Waals surface area contributed by atoms with Crippen molar-refractivity contribution in [2.24, 2.45) is 0 Å². The molecule has 0 heterocycles. The number of methoxy groups -OCH3 is 1. The van der Waals surface area contributed by atoms with Gasteiger partial charge in [0.15, 0.2) is 0 Å². The lowest BCUT2D eigenvalue weighted by Crippen LogP contribution is -2.23. The summed E-state index contributed by atoms with van der Waals surface area (Å²) in [6, 6.07) is 4.74. The van der Waals surface area contributed by atoms with Crippen LogP contribution in [-0.4, -0.2) is 26.7 Å². The topological polar surface area (TPSA) is 72.5 Å². The van der Waals surface area contributed by atoms with Gasteiger partial charge in [0, 0.05) is 0 Å². The number of benzene rings is 1. The van der Waals surface area contributed by atoms with Crippen LogP contribution in [0.3, 0.4) is 0 Å². The van der Waals surface area contributed by atoms with E-state index in [0.29, 0.717) is 11.3 Å². The number of nitrogens with one attached hydrogen (secondary N) is 1. The normalized spacial score (nSPS) is 11.4. The van der Waals surface area contributed by atoms with Crippen LogP contribution in [0.4, 0.5) is 5.69 Å². The first-order valence-electron chi connectivity index (χ1n) is 5.48. The van der Waals surface area contributed by atoms with E-state index in [4.69, 9.17) is 0 Å². The van der Waals surface area contributed by atoms with E-state index in [1.807, 2.05) is 0 Å². The molecular formula is C12H17NO4S. The molecule has 0 spiro atoms. The van der Waals surface area contributed by atoms with Crippen molar-refractivity contribution in [2.45, 2.75) is 26.0 Å². The van der Waals surface area contributed by atoms with E-state index in [2.05, 4.69) is 9.46 Å². The zero-order valence-electron chi connectivity index (χ0n) is 10.9. The molecule has 0 saturated heterocycles. The van der Waals surface area contributed by atoms with Gasteiger partial charge in [0.1, 0.15) is 0 Å². The number of hydrogen-bond acceptors (Lipinski definition) is 4. The summed E-state index contributed by atoms with van der Waals surface area (Å²) >= 11 is 0. The minimum absolute atomic E-state index is 0.310. The molecule has 0 saturated carbocycles. The Morgan fingerprint density at radius 1 is 1.33 bits per heavy atom. The maximum atomic E-state index is 11.8. The van der Waals surface area contributed by atoms with Crippen LogP contribution in [0.1, 0.15) is 29.8 Å². The molecular weight excluding hydrogens is 254 g/mol. The number of esters is 1. The lowest BCUT2D eigenvalue weighted by Gasteiger charge is -2.13. The van der Waals surface area contributed by atoms with Gasteiger partial charge < -0.3 is 4.74 Å². The Labute approximate surface area is 107 Å². The highest BCUT2D eigenvalue weighted by molar-refractivity contribution is 7.93. The highest BCUT2D eigenvalue weighted by Gasteiger charge is 2.17. The van der Waals surface area contributed by atoms with Crippen molar-refractivity contribution < 1.29 is 17.9 Å². The number of sulfonamides is 1. The predicted octanol–water partition coefficient (Wildman–Crippen LogP) is 1.93. The van der Waals surface area contributed by atoms with Crippen molar-refractivity contribution in [1.82, 2.24) is 0 Å². The quantitative estimate of drug-likeness (QED) is 0.849. The molecule has 0 aliphatic rings. The SMILES string of the molecule is COC(=O)c1ccc(C)c(NS(=O)(=O)C(C)C)c1. The van der Waals surface area contributed by atoms with Crippen molar-refractivity contribution in [3.05, 3.63) is 29.3 Å². The van der Waals surface area contributed by atoms with Crippen LogP contribution in [-0.2, 0) is 14.8 Å². The van der Waals surface area contributed by atoms with Crippen molar-refractivity contribution in [1.29, 1.82) is 0 Å². The van der Waals surface area contributed by atoms with Gasteiger partial charge in [-0.05, 0) is 38.5 Å². The van der Waals surface area contributed by atoms with E-state index in [9.17, 15) is 13.2 Å². The van der Waals surface area contributed by atoms with Crippen LogP contribution < -0.4 is 4.72 Å². The molecule has 18 heavy (non-hydrogen) atoms. The Hall–Kier alpha value is -1.56. The molecule has 0 radical (unpaired) electrons. The maximum absolute atomic E-state index is 11.8. The molecule has 0 bridgehead atoms. The maximum Gasteiger partial charge on any atom is 0.337 e. The predicted molar refractivity (Wildman–Crippen MR) is 70.2 cm³/mol. The monoisotopic (exact) mass is 271 g/mol. The van der Waals surface area contributed by atoms with Crippen LogP contribution in [0.25, 0.3) is 0 Å². The first kappa shape index (κ1) is 14.5. The molecule has 0 atom stereocenters. The summed E-state index contributed by atoms with van der Waals surface area (Å²) in [5, 5.41) is -0.543. The Bertz CT molecular complexity index is 549. The van der Waals surface area contributed by atoms with Gasteiger partial charge in [0.2, 0.25) is 10.0 Å². The second kappa shape index (κ2) is 5.39. The number of hydrogen-bond donors (Lipinski definition) is 1. The molecule has 1 N–H and O–H groups in total. The van der Waals surface area contributed by atoms with Gasteiger partial charge in [0.25, 0.3) is 0 Å². The Morgan fingerprint density at radius 3 is 2.44 bits per heavy atom. The smallest absolute Gasteiger partial charge is 0.337 e. The Balaban J connectivity index is 3.13. The molecule has 1 aromatic carbocycles. The van der Waals surface area contributed by atoms with Gasteiger partial charge in [-0.2, -0.15) is 0 Å². The highest BCUT2D eigenvalue weighted by atomic mass is 32.2. The second-order valence-electron chi connectivity index (χ2n) is 4.22. The molecule has 6 heteroatoms. The van der Waals surface area contributed by atoms with Crippen LogP contribution in [0, 0.1) is 6.92 Å². The molecule has 0 aliphatic carbocycles. The summed E-state index contributed by atoms with van der Waals surface area (Å²) in [4.78, 5) is 11.4. The third kappa shape index (κ3) is 3.22. The van der Waals surface area contributed by atoms with E-state index in [1.54, 1.807) is 32.9 Å². The molecule has 1 rings (SSSR count). The fraction of sp³-hybridized carbons (Fsp3) is 0.417. The number of aryl methyl sites for hydroxylation is 1. The molecule has 100 valence electrons. The van der Waals surface area contributed by atoms with Gasteiger partial charge in [0.05, 0.1) is 23.6 Å². The molecule has 0 aromatic heterocycles. The summed E-state index contributed by atoms with van der Waals surface area (Å²) in [6.07, 6.45) is 0. The van der Waals surface area contributed by atoms with Crippen molar-refractivity contribution in [3.63, 3.8) is 0 Å². The standard InChI is InChI=1S/C12H17NO4S/c1-8(2)18(15,16)13-11-7-10(12(14)17-4)6-5-9(11)3/h5-8,13H,1-4H3. The van der Waals surface area contributed by atoms with E-state index >= 15 is 0 Å². The third-order valence-corrected chi connectivity index (χ3v) is 4.28. The lowest BCUT2D eigenvalue weighted by molar-refractivity contribution is 0.0601. The molecule has 5 nitrogen and oxygen atoms in total. The number of ether oxygens (including phenoxy) is 1. The average Bonchev–Trinajstić information content (AvgIpc) is 2.30. The Morgan fingerprint density at radius 2 is 1.94 bits per heavy atom. The molecule has 0 unspecified atom stereocenters. The van der Waals surface area contributed by atoms with E-state index in [1.165, 1.54) is 13.2 Å². The van der Waals surface area contributed by atoms with Gasteiger partial charge in [-0.1, -0.05) is 6.07 Å². The minimum atomic E-state index is -3.43. The van der Waals surface area contributed by atoms with Crippen molar-refractivity contribution >= 4 is 21.7 Å². The second-order valence-corrected chi connectivity index (χ2v) is 6.45. The van der Waals surface area contributed by atoms with Crippen LogP contribution in [0.5, 0.6) is 0 Å². The summed E-state index contributed by atoms with van der Waals surface area (Å²) in [5.41, 5.74) is 1.45. The summed E-state index contributed by atoms with van der Waals surface area (Å²) in [5.74, 6) is -0.500. The van der Waals surface area contributed by atoms with Gasteiger partial charge in [-0.3, -0.25) is 4.72 Å². The number of carbonyl (C=O) groups excluding carboxylic acids is 1. The first-order valence-corrected chi connectivity index (χ1v) is 7.03. The fourth-order valence-electron chi connectivity index (χ4n) is 1.25. The van der Waals surface area contributed by atoms with Crippen molar-refractivity contribution in [3.8, 4) is 0 Å². The minimum Gasteiger partial charge on any atom is -0.465 e. The average molecular weight is 271 g/mol. The van der Waals surface area contributed by atoms with E-state index in [0.717, 1.165) is 5.56 Å². The number of carbonyl (C=O) groups is 1. The van der Waals surface area contributed by atoms with Gasteiger partial charge in [-0.15, -0.1) is 0 Å². The van der Waals surface area contributed by atoms with Crippen LogP contribution >= 0.6 is 0 Å². The van der Waals surface area contributed by atoms with E-state index < -0.39 is 21.2 Å². The van der Waals surface area contributed by atoms with Gasteiger partial charge in [-0.25, -0.2) is 13.2 Å². The summed E-state index contributed by atoms with van der Waals surface area (Å²) in [7, 11) is -2.15. The lowest BCUT2D eigenvalue weighted by atomic mass is 10.1. The number of anilines is 1. The number of rotatable bonds is 4. The molecule has 0 aliphatic heterocycles. The van der Waals surface area contributed by atoms with Crippen LogP contribution in [0.2, 0.25) is 0 Å². The Kier molecular flexibility index (Phi) is 4.34. The zero-order chi connectivity index (χ0) is 13.9. The third-order valence-electron chi connectivity index (χ3n) is 2.53. The van der Waals surface area contributed by atoms with Crippen LogP contribution in [0.15, 0.2) is 18.2 Å².